The molecule has 0 aliphatic rings. The van der Waals surface area contributed by atoms with Crippen molar-refractivity contribution in [2.45, 2.75) is 19.0 Å². The zero-order valence-electron chi connectivity index (χ0n) is 12.7. The summed E-state index contributed by atoms with van der Waals surface area (Å²) in [6, 6.07) is 4.84. The van der Waals surface area contributed by atoms with E-state index in [9.17, 15) is 22.8 Å². The number of alkyl halides is 3. The van der Waals surface area contributed by atoms with Crippen molar-refractivity contribution in [2.24, 2.45) is 0 Å². The average molecular weight is 392 g/mol. The van der Waals surface area contributed by atoms with Crippen LogP contribution >= 0.6 is 22.9 Å². The molecule has 0 unspecified atom stereocenters. The van der Waals surface area contributed by atoms with Gasteiger partial charge in [-0.15, -0.1) is 0 Å². The standard InChI is InChI=1S/C16H13ClF3NO3S/c17-11-2-3-13(12(7-11)16(18,19)20)21-14(22)8-24-15(23)4-1-10-5-6-25-9-10/h2-3,5-7,9H,1,4,8H2,(H,21,22). The van der Waals surface area contributed by atoms with Gasteiger partial charge in [-0.1, -0.05) is 11.6 Å². The van der Waals surface area contributed by atoms with Crippen LogP contribution in [0, 0.1) is 0 Å². The Morgan fingerprint density at radius 1 is 1.24 bits per heavy atom. The molecular formula is C16H13ClF3NO3S. The topological polar surface area (TPSA) is 55.4 Å². The molecule has 9 heteroatoms. The van der Waals surface area contributed by atoms with Crippen LogP contribution in [0.2, 0.25) is 5.02 Å². The second kappa shape index (κ2) is 8.35. The maximum Gasteiger partial charge on any atom is 0.418 e. The summed E-state index contributed by atoms with van der Waals surface area (Å²) in [5.74, 6) is -1.47. The summed E-state index contributed by atoms with van der Waals surface area (Å²) in [5.41, 5.74) is -0.546. The zero-order chi connectivity index (χ0) is 18.4. The summed E-state index contributed by atoms with van der Waals surface area (Å²) in [6.45, 7) is -0.664. The number of halogens is 4. The van der Waals surface area contributed by atoms with Crippen LogP contribution in [0.25, 0.3) is 0 Å². The van der Waals surface area contributed by atoms with E-state index < -0.39 is 35.9 Å². The average Bonchev–Trinajstić information content (AvgIpc) is 3.05. The van der Waals surface area contributed by atoms with E-state index in [0.717, 1.165) is 11.6 Å². The lowest BCUT2D eigenvalue weighted by molar-refractivity contribution is -0.147. The predicted octanol–water partition coefficient (Wildman–Crippen LogP) is 4.53. The Morgan fingerprint density at radius 2 is 2.00 bits per heavy atom. The molecule has 1 amide bonds. The maximum atomic E-state index is 12.9. The molecule has 1 aromatic carbocycles. The molecular weight excluding hydrogens is 379 g/mol. The molecule has 2 aromatic rings. The van der Waals surface area contributed by atoms with Crippen molar-refractivity contribution in [1.82, 2.24) is 0 Å². The predicted molar refractivity (Wildman–Crippen MR) is 88.7 cm³/mol. The van der Waals surface area contributed by atoms with E-state index in [1.54, 1.807) is 0 Å². The van der Waals surface area contributed by atoms with Crippen molar-refractivity contribution >= 4 is 40.5 Å². The quantitative estimate of drug-likeness (QED) is 0.736. The highest BCUT2D eigenvalue weighted by atomic mass is 35.5. The molecule has 0 aliphatic carbocycles. The van der Waals surface area contributed by atoms with E-state index in [4.69, 9.17) is 16.3 Å². The van der Waals surface area contributed by atoms with E-state index in [1.807, 2.05) is 16.8 Å². The van der Waals surface area contributed by atoms with Gasteiger partial charge in [0.05, 0.1) is 11.3 Å². The maximum absolute atomic E-state index is 12.9. The van der Waals surface area contributed by atoms with Crippen molar-refractivity contribution in [3.8, 4) is 0 Å². The first-order valence-electron chi connectivity index (χ1n) is 7.09. The number of amides is 1. The van der Waals surface area contributed by atoms with Gasteiger partial charge in [0.1, 0.15) is 0 Å². The summed E-state index contributed by atoms with van der Waals surface area (Å²) in [6.07, 6.45) is -4.12. The third-order valence-electron chi connectivity index (χ3n) is 3.12. The number of carbonyl (C=O) groups excluding carboxylic acids is 2. The minimum atomic E-state index is -4.68. The van der Waals surface area contributed by atoms with Gasteiger partial charge >= 0.3 is 12.1 Å². The molecule has 134 valence electrons. The first-order valence-corrected chi connectivity index (χ1v) is 8.41. The van der Waals surface area contributed by atoms with Gasteiger partial charge < -0.3 is 10.1 Å². The van der Waals surface area contributed by atoms with Gasteiger partial charge in [-0.3, -0.25) is 9.59 Å². The number of thiophene rings is 1. The number of esters is 1. The highest BCUT2D eigenvalue weighted by molar-refractivity contribution is 7.07. The number of aryl methyl sites for hydroxylation is 1. The van der Waals surface area contributed by atoms with Crippen LogP contribution in [-0.4, -0.2) is 18.5 Å². The second-order valence-electron chi connectivity index (χ2n) is 5.03. The van der Waals surface area contributed by atoms with E-state index >= 15 is 0 Å². The molecule has 0 spiro atoms. The number of hydrogen-bond donors (Lipinski definition) is 1. The number of nitrogens with one attached hydrogen (secondary N) is 1. The summed E-state index contributed by atoms with van der Waals surface area (Å²) >= 11 is 7.06. The Bertz CT molecular complexity index is 748. The zero-order valence-corrected chi connectivity index (χ0v) is 14.3. The molecule has 2 rings (SSSR count). The Hall–Kier alpha value is -2.06. The Morgan fingerprint density at radius 3 is 2.64 bits per heavy atom. The first-order chi connectivity index (χ1) is 11.8. The third kappa shape index (κ3) is 6.06. The van der Waals surface area contributed by atoms with Crippen molar-refractivity contribution in [1.29, 1.82) is 0 Å². The monoisotopic (exact) mass is 391 g/mol. The lowest BCUT2D eigenvalue weighted by Gasteiger charge is -2.14. The van der Waals surface area contributed by atoms with Crippen molar-refractivity contribution in [2.75, 3.05) is 11.9 Å². The molecule has 0 saturated heterocycles. The smallest absolute Gasteiger partial charge is 0.418 e. The van der Waals surface area contributed by atoms with Gasteiger partial charge in [0.2, 0.25) is 0 Å². The highest BCUT2D eigenvalue weighted by Gasteiger charge is 2.34. The van der Waals surface area contributed by atoms with Crippen molar-refractivity contribution < 1.29 is 27.5 Å². The SMILES string of the molecule is O=C(COC(=O)CCc1ccsc1)Nc1ccc(Cl)cc1C(F)(F)F. The van der Waals surface area contributed by atoms with Gasteiger partial charge in [0.15, 0.2) is 6.61 Å². The summed E-state index contributed by atoms with van der Waals surface area (Å²) in [7, 11) is 0. The van der Waals surface area contributed by atoms with Crippen molar-refractivity contribution in [3.05, 3.63) is 51.2 Å². The fourth-order valence-corrected chi connectivity index (χ4v) is 2.82. The molecule has 0 saturated carbocycles. The van der Waals surface area contributed by atoms with Gasteiger partial charge in [-0.2, -0.15) is 24.5 Å². The number of hydrogen-bond acceptors (Lipinski definition) is 4. The highest BCUT2D eigenvalue weighted by Crippen LogP contribution is 2.36. The summed E-state index contributed by atoms with van der Waals surface area (Å²) in [5, 5.41) is 5.73. The van der Waals surface area contributed by atoms with Gasteiger partial charge in [0, 0.05) is 11.4 Å². The Labute approximate surface area is 150 Å². The number of rotatable bonds is 6. The van der Waals surface area contributed by atoms with Gasteiger partial charge in [0.25, 0.3) is 5.91 Å². The Balaban J connectivity index is 1.87. The van der Waals surface area contributed by atoms with Crippen LogP contribution in [0.15, 0.2) is 35.0 Å². The lowest BCUT2D eigenvalue weighted by Crippen LogP contribution is -2.22. The molecule has 0 radical (unpaired) electrons. The number of benzene rings is 1. The largest absolute Gasteiger partial charge is 0.456 e. The van der Waals surface area contributed by atoms with Crippen LogP contribution in [0.5, 0.6) is 0 Å². The number of carbonyl (C=O) groups is 2. The normalized spacial score (nSPS) is 11.2. The minimum absolute atomic E-state index is 0.0821. The molecule has 0 atom stereocenters. The minimum Gasteiger partial charge on any atom is -0.456 e. The fraction of sp³-hybridized carbons (Fsp3) is 0.250. The third-order valence-corrected chi connectivity index (χ3v) is 4.09. The lowest BCUT2D eigenvalue weighted by atomic mass is 10.1. The van der Waals surface area contributed by atoms with Crippen LogP contribution in [0.3, 0.4) is 0 Å². The van der Waals surface area contributed by atoms with Crippen LogP contribution in [-0.2, 0) is 26.9 Å². The van der Waals surface area contributed by atoms with E-state index in [-0.39, 0.29) is 11.4 Å². The van der Waals surface area contributed by atoms with Crippen LogP contribution in [0.4, 0.5) is 18.9 Å². The molecule has 0 bridgehead atoms. The van der Waals surface area contributed by atoms with E-state index in [0.29, 0.717) is 12.5 Å². The van der Waals surface area contributed by atoms with Crippen LogP contribution < -0.4 is 5.32 Å². The number of anilines is 1. The van der Waals surface area contributed by atoms with Gasteiger partial charge in [-0.25, -0.2) is 0 Å². The van der Waals surface area contributed by atoms with E-state index in [1.165, 1.54) is 17.4 Å². The summed E-state index contributed by atoms with van der Waals surface area (Å²) in [4.78, 5) is 23.3. The van der Waals surface area contributed by atoms with Crippen molar-refractivity contribution in [3.63, 3.8) is 0 Å². The second-order valence-corrected chi connectivity index (χ2v) is 6.24. The molecule has 0 aliphatic heterocycles. The molecule has 1 heterocycles. The molecule has 0 fully saturated rings. The first kappa shape index (κ1) is 19.3. The van der Waals surface area contributed by atoms with Crippen LogP contribution in [0.1, 0.15) is 17.5 Å². The number of ether oxygens (including phenoxy) is 1. The Kier molecular flexibility index (Phi) is 6.44. The molecule has 25 heavy (non-hydrogen) atoms. The van der Waals surface area contributed by atoms with E-state index in [2.05, 4.69) is 5.32 Å². The summed E-state index contributed by atoms with van der Waals surface area (Å²) < 4.78 is 43.6. The molecule has 1 N–H and O–H groups in total. The molecule has 4 nitrogen and oxygen atoms in total. The molecule has 1 aromatic heterocycles. The van der Waals surface area contributed by atoms with Gasteiger partial charge in [-0.05, 0) is 47.0 Å². The fourth-order valence-electron chi connectivity index (χ4n) is 1.95.